The number of aryl methyl sites for hydroxylation is 3. The van der Waals surface area contributed by atoms with Gasteiger partial charge in [0.05, 0.1) is 6.04 Å². The van der Waals surface area contributed by atoms with Crippen LogP contribution < -0.4 is 15.3 Å². The molecule has 0 amide bonds. The summed E-state index contributed by atoms with van der Waals surface area (Å²) in [6, 6.07) is 53.3. The Kier molecular flexibility index (Phi) is 9.89. The van der Waals surface area contributed by atoms with E-state index in [-0.39, 0.29) is 6.04 Å². The quantitative estimate of drug-likeness (QED) is 0.162. The van der Waals surface area contributed by atoms with Gasteiger partial charge in [-0.25, -0.2) is 0 Å². The first kappa shape index (κ1) is 35.1. The van der Waals surface area contributed by atoms with Gasteiger partial charge in [0.2, 0.25) is 0 Å². The van der Waals surface area contributed by atoms with Crippen LogP contribution >= 0.6 is 0 Å². The monoisotopic (exact) mass is 699 g/mol. The van der Waals surface area contributed by atoms with E-state index in [1.165, 1.54) is 87.9 Å². The van der Waals surface area contributed by atoms with Crippen molar-refractivity contribution < 1.29 is 0 Å². The number of nitrogens with zero attached hydrogens (tertiary/aromatic N) is 1. The molecule has 54 heavy (non-hydrogen) atoms. The number of hydrogen-bond donors (Lipinski definition) is 0. The molecule has 0 fully saturated rings. The molecule has 0 radical (unpaired) electrons. The lowest BCUT2D eigenvalue weighted by Crippen LogP contribution is -2.38. The van der Waals surface area contributed by atoms with Crippen LogP contribution in [0.5, 0.6) is 0 Å². The molecule has 0 N–H and O–H groups in total. The number of hydrogen-bond acceptors (Lipinski definition) is 1. The standard InChI is InChI=1S/C46H41N.C7H8/c1-30-11-9-13-37(27-30)47(38-25-26-44-42-16-6-5-14-40(42)41-15-7-8-17-43(41)46(44)29-38)36-23-21-34(22-24-36)35-20-19-32(3)45(28-35)39-18-10-12-31(2)33(39)4;1-7-5-3-2-4-6-7/h5-11,13-24,26-29,31,38H,12,25H2,1-4H3;2-6H,1H3. The number of anilines is 2. The average molecular weight is 700 g/mol. The Bertz CT molecular complexity index is 2660. The van der Waals surface area contributed by atoms with Gasteiger partial charge in [-0.3, -0.25) is 0 Å². The van der Waals surface area contributed by atoms with Gasteiger partial charge < -0.3 is 4.90 Å². The minimum absolute atomic E-state index is 0.181. The molecule has 0 aromatic heterocycles. The van der Waals surface area contributed by atoms with E-state index in [9.17, 15) is 0 Å². The molecular weight excluding hydrogens is 651 g/mol. The third-order valence-electron chi connectivity index (χ3n) is 11.4. The maximum atomic E-state index is 2.53. The fourth-order valence-corrected chi connectivity index (χ4v) is 8.29. The molecule has 9 rings (SSSR count). The second-order valence-electron chi connectivity index (χ2n) is 15.2. The van der Waals surface area contributed by atoms with Gasteiger partial charge in [-0.05, 0) is 142 Å². The summed E-state index contributed by atoms with van der Waals surface area (Å²) >= 11 is 0. The zero-order valence-electron chi connectivity index (χ0n) is 32.2. The van der Waals surface area contributed by atoms with Gasteiger partial charge in [0.1, 0.15) is 0 Å². The van der Waals surface area contributed by atoms with E-state index in [0.717, 1.165) is 12.8 Å². The molecule has 0 saturated heterocycles. The Morgan fingerprint density at radius 1 is 0.519 bits per heavy atom. The highest BCUT2D eigenvalue weighted by atomic mass is 15.2. The summed E-state index contributed by atoms with van der Waals surface area (Å²) < 4.78 is 0. The molecule has 0 saturated carbocycles. The van der Waals surface area contributed by atoms with Crippen molar-refractivity contribution in [2.75, 3.05) is 4.90 Å². The predicted molar refractivity (Wildman–Crippen MR) is 235 cm³/mol. The van der Waals surface area contributed by atoms with Gasteiger partial charge in [0.15, 0.2) is 0 Å². The topological polar surface area (TPSA) is 3.24 Å². The molecule has 2 unspecified atom stereocenters. The maximum Gasteiger partial charge on any atom is 0.0566 e. The Labute approximate surface area is 320 Å². The largest absolute Gasteiger partial charge is 0.334 e. The molecule has 0 spiro atoms. The molecule has 2 atom stereocenters. The van der Waals surface area contributed by atoms with E-state index in [1.54, 1.807) is 0 Å². The van der Waals surface area contributed by atoms with E-state index in [2.05, 4.69) is 191 Å². The van der Waals surface area contributed by atoms with Crippen LogP contribution in [0.2, 0.25) is 0 Å². The summed E-state index contributed by atoms with van der Waals surface area (Å²) in [6.07, 6.45) is 11.7. The highest BCUT2D eigenvalue weighted by Crippen LogP contribution is 2.37. The van der Waals surface area contributed by atoms with Crippen molar-refractivity contribution >= 4 is 50.6 Å². The molecule has 1 heteroatoms. The van der Waals surface area contributed by atoms with E-state index >= 15 is 0 Å². The smallest absolute Gasteiger partial charge is 0.0566 e. The van der Waals surface area contributed by atoms with Crippen molar-refractivity contribution in [1.82, 2.24) is 0 Å². The Balaban J connectivity index is 0.000000533. The molecular formula is C53H49N. The molecule has 0 aliphatic heterocycles. The summed E-state index contributed by atoms with van der Waals surface area (Å²) in [5.41, 5.74) is 13.1. The second kappa shape index (κ2) is 15.2. The first-order chi connectivity index (χ1) is 26.4. The molecule has 0 bridgehead atoms. The number of benzene rings is 7. The SMILES string of the molecule is CC1=C(c2cc(-c3ccc(N(c4cccc(C)c4)C4C=c5c(c6ccccc6c6ccccc56)=CC4)cc3)ccc2C)C=CCC1C.Cc1ccccc1. The minimum atomic E-state index is 0.181. The molecule has 266 valence electrons. The molecule has 0 heterocycles. The third-order valence-corrected chi connectivity index (χ3v) is 11.4. The molecule has 7 aromatic rings. The Morgan fingerprint density at radius 2 is 1.15 bits per heavy atom. The number of rotatable bonds is 5. The fraction of sp³-hybridized carbons (Fsp3) is 0.170. The van der Waals surface area contributed by atoms with Gasteiger partial charge in [-0.1, -0.05) is 158 Å². The van der Waals surface area contributed by atoms with Crippen molar-refractivity contribution in [1.29, 1.82) is 0 Å². The summed E-state index contributed by atoms with van der Waals surface area (Å²) in [5, 5.41) is 8.01. The van der Waals surface area contributed by atoms with Gasteiger partial charge in [-0.2, -0.15) is 0 Å². The van der Waals surface area contributed by atoms with Crippen molar-refractivity contribution in [2.24, 2.45) is 5.92 Å². The zero-order chi connectivity index (χ0) is 37.2. The molecule has 2 aliphatic rings. The van der Waals surface area contributed by atoms with Gasteiger partial charge in [0.25, 0.3) is 0 Å². The summed E-state index contributed by atoms with van der Waals surface area (Å²) in [7, 11) is 0. The van der Waals surface area contributed by atoms with Crippen molar-refractivity contribution in [3.63, 3.8) is 0 Å². The highest BCUT2D eigenvalue weighted by molar-refractivity contribution is 6.08. The third kappa shape index (κ3) is 6.95. The van der Waals surface area contributed by atoms with E-state index in [1.807, 2.05) is 18.2 Å². The summed E-state index contributed by atoms with van der Waals surface area (Å²) in [4.78, 5) is 2.53. The highest BCUT2D eigenvalue weighted by Gasteiger charge is 2.22. The van der Waals surface area contributed by atoms with Crippen LogP contribution in [0.3, 0.4) is 0 Å². The Hall–Kier alpha value is -5.92. The molecule has 2 aliphatic carbocycles. The predicted octanol–water partition coefficient (Wildman–Crippen LogP) is 12.8. The van der Waals surface area contributed by atoms with E-state index < -0.39 is 0 Å². The summed E-state index contributed by atoms with van der Waals surface area (Å²) in [5.74, 6) is 0.586. The Morgan fingerprint density at radius 3 is 1.81 bits per heavy atom. The molecule has 7 aromatic carbocycles. The lowest BCUT2D eigenvalue weighted by molar-refractivity contribution is 0.690. The van der Waals surface area contributed by atoms with Crippen molar-refractivity contribution in [2.45, 2.75) is 53.5 Å². The van der Waals surface area contributed by atoms with Crippen LogP contribution in [0.15, 0.2) is 163 Å². The van der Waals surface area contributed by atoms with Gasteiger partial charge in [0, 0.05) is 11.4 Å². The van der Waals surface area contributed by atoms with Crippen LogP contribution in [-0.4, -0.2) is 6.04 Å². The molecule has 1 nitrogen and oxygen atoms in total. The second-order valence-corrected chi connectivity index (χ2v) is 15.2. The van der Waals surface area contributed by atoms with E-state index in [0.29, 0.717) is 5.92 Å². The van der Waals surface area contributed by atoms with Crippen LogP contribution in [-0.2, 0) is 0 Å². The van der Waals surface area contributed by atoms with Crippen molar-refractivity contribution in [3.05, 3.63) is 196 Å². The number of allylic oxidation sites excluding steroid dienone is 4. The minimum Gasteiger partial charge on any atom is -0.334 e. The average Bonchev–Trinajstić information content (AvgIpc) is 3.20. The maximum absolute atomic E-state index is 2.53. The van der Waals surface area contributed by atoms with Crippen LogP contribution in [0.1, 0.15) is 48.9 Å². The lowest BCUT2D eigenvalue weighted by Gasteiger charge is -2.33. The first-order valence-corrected chi connectivity index (χ1v) is 19.4. The van der Waals surface area contributed by atoms with Crippen molar-refractivity contribution in [3.8, 4) is 11.1 Å². The normalized spacial score (nSPS) is 16.2. The zero-order valence-corrected chi connectivity index (χ0v) is 32.2. The van der Waals surface area contributed by atoms with Gasteiger partial charge >= 0.3 is 0 Å². The number of fused-ring (bicyclic) bond motifs is 6. The fourth-order valence-electron chi connectivity index (χ4n) is 8.29. The van der Waals surface area contributed by atoms with Crippen LogP contribution in [0.4, 0.5) is 11.4 Å². The van der Waals surface area contributed by atoms with E-state index in [4.69, 9.17) is 0 Å². The van der Waals surface area contributed by atoms with Gasteiger partial charge in [-0.15, -0.1) is 0 Å². The lowest BCUT2D eigenvalue weighted by atomic mass is 9.84. The first-order valence-electron chi connectivity index (χ1n) is 19.4. The summed E-state index contributed by atoms with van der Waals surface area (Å²) in [6.45, 7) is 11.1. The van der Waals surface area contributed by atoms with Crippen LogP contribution in [0, 0.1) is 26.7 Å². The van der Waals surface area contributed by atoms with Crippen LogP contribution in [0.25, 0.3) is 50.4 Å².